The summed E-state index contributed by atoms with van der Waals surface area (Å²) < 4.78 is 34.5. The minimum atomic E-state index is -4.77. The minimum Gasteiger partial charge on any atom is -0.385 e. The molecular weight excluding hydrogens is 264 g/mol. The second-order valence-corrected chi connectivity index (χ2v) is 4.79. The smallest absolute Gasteiger partial charge is 0.385 e. The first-order chi connectivity index (χ1) is 7.67. The molecule has 5 N–H and O–H groups in total. The highest BCUT2D eigenvalue weighted by Gasteiger charge is 2.64. The maximum atomic E-state index is 11.0. The number of aliphatic hydroxyl groups excluding tert-OH is 4. The third-order valence-corrected chi connectivity index (χ3v) is 3.35. The molecule has 0 aromatic carbocycles. The molecule has 2 aliphatic heterocycles. The lowest BCUT2D eigenvalue weighted by molar-refractivity contribution is -0.403. The quantitative estimate of drug-likeness (QED) is 0.292. The zero-order valence-corrected chi connectivity index (χ0v) is 8.89. The summed E-state index contributed by atoms with van der Waals surface area (Å²) in [6.45, 7) is 0. The molecule has 0 spiro atoms. The average molecular weight is 274 g/mol. The van der Waals surface area contributed by atoms with Crippen LogP contribution < -0.4 is 0 Å². The van der Waals surface area contributed by atoms with Gasteiger partial charge < -0.3 is 30.3 Å². The fourth-order valence-electron chi connectivity index (χ4n) is 1.62. The summed E-state index contributed by atoms with van der Waals surface area (Å²) in [6, 6.07) is 0. The van der Waals surface area contributed by atoms with Crippen LogP contribution in [0.1, 0.15) is 0 Å². The molecule has 2 heterocycles. The van der Waals surface area contributed by atoms with Crippen LogP contribution in [-0.2, 0) is 23.5 Å². The predicted octanol–water partition coefficient (Wildman–Crippen LogP) is -4.28. The maximum absolute atomic E-state index is 11.0. The van der Waals surface area contributed by atoms with Crippen LogP contribution in [0.15, 0.2) is 0 Å². The number of ether oxygens (including phenoxy) is 1. The maximum Gasteiger partial charge on any atom is 0.405 e. The van der Waals surface area contributed by atoms with Crippen molar-refractivity contribution in [3.8, 4) is 0 Å². The lowest BCUT2D eigenvalue weighted by Crippen LogP contribution is -2.72. The summed E-state index contributed by atoms with van der Waals surface area (Å²) in [5.74, 6) is -2.95. The van der Waals surface area contributed by atoms with Gasteiger partial charge in [-0.05, 0) is 0 Å². The molecule has 11 heteroatoms. The highest BCUT2D eigenvalue weighted by atomic mass is 32.3. The van der Waals surface area contributed by atoms with E-state index in [0.29, 0.717) is 0 Å². The van der Waals surface area contributed by atoms with Crippen molar-refractivity contribution in [2.75, 3.05) is 0 Å². The first kappa shape index (κ1) is 13.1. The normalized spacial score (nSPS) is 54.1. The van der Waals surface area contributed by atoms with E-state index in [9.17, 15) is 28.8 Å². The van der Waals surface area contributed by atoms with Gasteiger partial charge in [-0.25, -0.2) is 8.37 Å². The van der Waals surface area contributed by atoms with E-state index in [1.165, 1.54) is 0 Å². The summed E-state index contributed by atoms with van der Waals surface area (Å²) in [7, 11) is -4.77. The van der Waals surface area contributed by atoms with Crippen molar-refractivity contribution < 1.29 is 47.1 Å². The van der Waals surface area contributed by atoms with Crippen LogP contribution in [-0.4, -0.2) is 70.6 Å². The molecule has 0 aromatic heterocycles. The first-order valence-corrected chi connectivity index (χ1v) is 5.74. The van der Waals surface area contributed by atoms with Crippen LogP contribution in [0.2, 0.25) is 0 Å². The molecule has 2 aliphatic rings. The largest absolute Gasteiger partial charge is 0.405 e. The highest BCUT2D eigenvalue weighted by molar-refractivity contribution is 7.82. The van der Waals surface area contributed by atoms with E-state index in [1.54, 1.807) is 0 Å². The molecule has 2 saturated heterocycles. The summed E-state index contributed by atoms with van der Waals surface area (Å²) in [6.07, 6.45) is -10.3. The highest BCUT2D eigenvalue weighted by Crippen LogP contribution is 2.37. The molecule has 2 fully saturated rings. The fraction of sp³-hybridized carbons (Fsp3) is 1.00. The molecule has 0 amide bonds. The average Bonchev–Trinajstić information content (AvgIpc) is 2.17. The van der Waals surface area contributed by atoms with Crippen molar-refractivity contribution in [1.82, 2.24) is 0 Å². The molecular formula is C6H10O10S. The van der Waals surface area contributed by atoms with Crippen molar-refractivity contribution in [2.24, 2.45) is 0 Å². The van der Waals surface area contributed by atoms with Crippen LogP contribution in [0, 0.1) is 0 Å². The molecule has 6 atom stereocenters. The van der Waals surface area contributed by atoms with Crippen molar-refractivity contribution in [3.05, 3.63) is 0 Å². The second kappa shape index (κ2) is 3.81. The Hall–Kier alpha value is -0.370. The van der Waals surface area contributed by atoms with E-state index in [4.69, 9.17) is 5.11 Å². The molecule has 10 nitrogen and oxygen atoms in total. The molecule has 17 heavy (non-hydrogen) atoms. The molecule has 0 aliphatic carbocycles. The van der Waals surface area contributed by atoms with Crippen LogP contribution in [0.3, 0.4) is 0 Å². The lowest BCUT2D eigenvalue weighted by atomic mass is 9.94. The third-order valence-electron chi connectivity index (χ3n) is 2.44. The topological polar surface area (TPSA) is 163 Å². The van der Waals surface area contributed by atoms with Gasteiger partial charge in [0, 0.05) is 0 Å². The zero-order chi connectivity index (χ0) is 13.0. The number of hydrogen-bond donors (Lipinski definition) is 5. The monoisotopic (exact) mass is 274 g/mol. The van der Waals surface area contributed by atoms with Crippen LogP contribution in [0.25, 0.3) is 0 Å². The summed E-state index contributed by atoms with van der Waals surface area (Å²) in [4.78, 5) is 0. The molecule has 0 bridgehead atoms. The van der Waals surface area contributed by atoms with Crippen LogP contribution >= 0.6 is 0 Å². The Kier molecular flexibility index (Phi) is 2.93. The van der Waals surface area contributed by atoms with E-state index >= 15 is 0 Å². The van der Waals surface area contributed by atoms with E-state index in [2.05, 4.69) is 13.1 Å². The van der Waals surface area contributed by atoms with Gasteiger partial charge in [0.2, 0.25) is 12.1 Å². The van der Waals surface area contributed by atoms with Crippen LogP contribution in [0.5, 0.6) is 0 Å². The van der Waals surface area contributed by atoms with Crippen molar-refractivity contribution >= 4 is 10.4 Å². The van der Waals surface area contributed by atoms with Gasteiger partial charge in [-0.3, -0.25) is 0 Å². The minimum absolute atomic E-state index is 1.90. The SMILES string of the molecule is O=S1(=O)OC(O)[C@H]2O[C@H](O)[C@H](O)[C@@H](O)[C@]2(O)O1. The van der Waals surface area contributed by atoms with E-state index in [-0.39, 0.29) is 0 Å². The van der Waals surface area contributed by atoms with Gasteiger partial charge in [-0.1, -0.05) is 0 Å². The Balaban J connectivity index is 2.40. The summed E-state index contributed by atoms with van der Waals surface area (Å²) in [5.41, 5.74) is 0. The van der Waals surface area contributed by atoms with Gasteiger partial charge in [-0.15, -0.1) is 0 Å². The number of fused-ring (bicyclic) bond motifs is 1. The van der Waals surface area contributed by atoms with Gasteiger partial charge >= 0.3 is 10.4 Å². The molecule has 0 saturated carbocycles. The Morgan fingerprint density at radius 3 is 2.24 bits per heavy atom. The Labute approximate surface area is 94.9 Å². The van der Waals surface area contributed by atoms with E-state index in [0.717, 1.165) is 0 Å². The number of rotatable bonds is 0. The van der Waals surface area contributed by atoms with Crippen LogP contribution in [0.4, 0.5) is 0 Å². The van der Waals surface area contributed by atoms with Gasteiger partial charge in [0.05, 0.1) is 0 Å². The molecule has 0 radical (unpaired) electrons. The standard InChI is InChI=1S/C6H10O10S/c7-1-2(8)6(11)3(14-4(1)9)5(10)15-17(12,13)16-6/h1-5,7-11H/t1-,2-,3-,4+,5?,6+/m1/s1. The molecule has 1 unspecified atom stereocenters. The first-order valence-electron chi connectivity index (χ1n) is 4.41. The zero-order valence-electron chi connectivity index (χ0n) is 8.07. The van der Waals surface area contributed by atoms with Gasteiger partial charge in [-0.2, -0.15) is 8.42 Å². The van der Waals surface area contributed by atoms with Crippen molar-refractivity contribution in [1.29, 1.82) is 0 Å². The molecule has 0 aromatic rings. The van der Waals surface area contributed by atoms with E-state index in [1.807, 2.05) is 0 Å². The molecule has 100 valence electrons. The van der Waals surface area contributed by atoms with Gasteiger partial charge in [0.15, 0.2) is 12.4 Å². The fourth-order valence-corrected chi connectivity index (χ4v) is 2.52. The number of hydrogen-bond acceptors (Lipinski definition) is 10. The van der Waals surface area contributed by atoms with Gasteiger partial charge in [0.25, 0.3) is 0 Å². The van der Waals surface area contributed by atoms with Crippen molar-refractivity contribution in [2.45, 2.75) is 36.7 Å². The van der Waals surface area contributed by atoms with Gasteiger partial charge in [0.1, 0.15) is 12.2 Å². The third kappa shape index (κ3) is 1.95. The summed E-state index contributed by atoms with van der Waals surface area (Å²) >= 11 is 0. The predicted molar refractivity (Wildman–Crippen MR) is 44.9 cm³/mol. The second-order valence-electron chi connectivity index (χ2n) is 3.61. The number of aliphatic hydroxyl groups is 5. The van der Waals surface area contributed by atoms with Crippen molar-refractivity contribution in [3.63, 3.8) is 0 Å². The summed E-state index contributed by atoms with van der Waals surface area (Å²) in [5, 5.41) is 46.8. The Morgan fingerprint density at radius 2 is 1.65 bits per heavy atom. The van der Waals surface area contributed by atoms with E-state index < -0.39 is 47.1 Å². The Morgan fingerprint density at radius 1 is 1.06 bits per heavy atom. The Bertz CT molecular complexity index is 407. The lowest BCUT2D eigenvalue weighted by Gasteiger charge is -2.48. The molecule has 2 rings (SSSR count).